The monoisotopic (exact) mass is 420 g/mol. The zero-order chi connectivity index (χ0) is 22.1. The first-order valence-corrected chi connectivity index (χ1v) is 10.7. The number of anilines is 1. The van der Waals surface area contributed by atoms with Crippen molar-refractivity contribution in [3.63, 3.8) is 0 Å². The predicted octanol–water partition coefficient (Wildman–Crippen LogP) is 2.75. The SMILES string of the molecule is CC1=CC(C)=C(CNC(=O)c2nc(N3CCCC3)nc(-c3ccnn3C)c2C)C(=O)C1. The molecular weight excluding hydrogens is 392 g/mol. The molecule has 1 fully saturated rings. The van der Waals surface area contributed by atoms with Crippen molar-refractivity contribution >= 4 is 17.6 Å². The van der Waals surface area contributed by atoms with Gasteiger partial charge in [0, 0.05) is 50.4 Å². The minimum atomic E-state index is -0.303. The Hall–Kier alpha value is -3.29. The maximum Gasteiger partial charge on any atom is 0.270 e. The lowest BCUT2D eigenvalue weighted by molar-refractivity contribution is -0.115. The van der Waals surface area contributed by atoms with E-state index in [0.717, 1.165) is 42.8 Å². The third-order valence-corrected chi connectivity index (χ3v) is 5.94. The average molecular weight is 421 g/mol. The molecule has 2 aromatic rings. The standard InChI is InChI=1S/C23H28N6O2/c1-14-11-15(2)17(19(30)12-14)13-24-22(31)21-16(3)20(18-7-8-25-28(18)4)26-23(27-21)29-9-5-6-10-29/h7-8,11H,5-6,9-10,12-13H2,1-4H3,(H,24,31). The Balaban J connectivity index is 1.67. The minimum Gasteiger partial charge on any atom is -0.346 e. The number of rotatable bonds is 5. The van der Waals surface area contributed by atoms with Gasteiger partial charge in [0.15, 0.2) is 5.78 Å². The Kier molecular flexibility index (Phi) is 5.71. The van der Waals surface area contributed by atoms with E-state index in [1.165, 1.54) is 0 Å². The molecule has 1 saturated heterocycles. The summed E-state index contributed by atoms with van der Waals surface area (Å²) in [5, 5.41) is 7.16. The van der Waals surface area contributed by atoms with Crippen LogP contribution in [0.25, 0.3) is 11.4 Å². The summed E-state index contributed by atoms with van der Waals surface area (Å²) < 4.78 is 1.74. The Morgan fingerprint density at radius 2 is 1.90 bits per heavy atom. The highest BCUT2D eigenvalue weighted by atomic mass is 16.2. The topological polar surface area (TPSA) is 93.0 Å². The molecule has 0 atom stereocenters. The van der Waals surface area contributed by atoms with E-state index in [9.17, 15) is 9.59 Å². The molecule has 1 N–H and O–H groups in total. The Labute approximate surface area is 182 Å². The quantitative estimate of drug-likeness (QED) is 0.800. The smallest absolute Gasteiger partial charge is 0.270 e. The molecule has 4 rings (SSSR count). The van der Waals surface area contributed by atoms with Crippen LogP contribution in [-0.2, 0) is 11.8 Å². The summed E-state index contributed by atoms with van der Waals surface area (Å²) in [5.41, 5.74) is 5.15. The first kappa shape index (κ1) is 21.0. The maximum atomic E-state index is 13.2. The summed E-state index contributed by atoms with van der Waals surface area (Å²) in [6.07, 6.45) is 6.29. The van der Waals surface area contributed by atoms with Crippen LogP contribution in [0.3, 0.4) is 0 Å². The molecule has 1 aliphatic carbocycles. The van der Waals surface area contributed by atoms with Gasteiger partial charge in [-0.05, 0) is 45.3 Å². The van der Waals surface area contributed by atoms with Gasteiger partial charge in [-0.1, -0.05) is 11.6 Å². The molecule has 0 spiro atoms. The normalized spacial score (nSPS) is 16.7. The zero-order valence-electron chi connectivity index (χ0n) is 18.5. The molecule has 0 saturated carbocycles. The fraction of sp³-hybridized carbons (Fsp3) is 0.435. The molecule has 31 heavy (non-hydrogen) atoms. The molecule has 8 nitrogen and oxygen atoms in total. The third-order valence-electron chi connectivity index (χ3n) is 5.94. The van der Waals surface area contributed by atoms with Crippen LogP contribution in [0.15, 0.2) is 35.1 Å². The molecule has 2 aliphatic rings. The van der Waals surface area contributed by atoms with Gasteiger partial charge in [-0.2, -0.15) is 5.10 Å². The van der Waals surface area contributed by atoms with Crippen LogP contribution in [0.1, 0.15) is 49.2 Å². The number of aromatic nitrogens is 4. The van der Waals surface area contributed by atoms with Gasteiger partial charge in [0.25, 0.3) is 5.91 Å². The van der Waals surface area contributed by atoms with E-state index in [4.69, 9.17) is 4.98 Å². The van der Waals surface area contributed by atoms with Crippen molar-refractivity contribution < 1.29 is 9.59 Å². The highest BCUT2D eigenvalue weighted by Crippen LogP contribution is 2.27. The van der Waals surface area contributed by atoms with Crippen molar-refractivity contribution in [2.24, 2.45) is 7.05 Å². The molecular formula is C23H28N6O2. The molecule has 1 aliphatic heterocycles. The first-order chi connectivity index (χ1) is 14.8. The molecule has 0 unspecified atom stereocenters. The van der Waals surface area contributed by atoms with Gasteiger partial charge in [0.05, 0.1) is 11.4 Å². The van der Waals surface area contributed by atoms with E-state index in [1.54, 1.807) is 10.9 Å². The Bertz CT molecular complexity index is 1110. The van der Waals surface area contributed by atoms with Crippen LogP contribution in [0, 0.1) is 6.92 Å². The lowest BCUT2D eigenvalue weighted by Crippen LogP contribution is -2.31. The number of allylic oxidation sites excluding steroid dienone is 3. The molecule has 1 amide bonds. The fourth-order valence-corrected chi connectivity index (χ4v) is 4.22. The van der Waals surface area contributed by atoms with Gasteiger partial charge in [0.1, 0.15) is 5.69 Å². The maximum absolute atomic E-state index is 13.2. The molecule has 0 radical (unpaired) electrons. The molecule has 0 aromatic carbocycles. The van der Waals surface area contributed by atoms with Crippen molar-refractivity contribution in [1.29, 1.82) is 0 Å². The predicted molar refractivity (Wildman–Crippen MR) is 119 cm³/mol. The van der Waals surface area contributed by atoms with Crippen LogP contribution in [0.4, 0.5) is 5.95 Å². The number of carbonyl (C=O) groups excluding carboxylic acids is 2. The van der Waals surface area contributed by atoms with E-state index < -0.39 is 0 Å². The zero-order valence-corrected chi connectivity index (χ0v) is 18.5. The van der Waals surface area contributed by atoms with Crippen LogP contribution in [-0.4, -0.2) is 51.1 Å². The second-order valence-electron chi connectivity index (χ2n) is 8.31. The second-order valence-corrected chi connectivity index (χ2v) is 8.31. The van der Waals surface area contributed by atoms with Crippen LogP contribution < -0.4 is 10.2 Å². The first-order valence-electron chi connectivity index (χ1n) is 10.7. The van der Waals surface area contributed by atoms with Gasteiger partial charge < -0.3 is 10.2 Å². The largest absolute Gasteiger partial charge is 0.346 e. The van der Waals surface area contributed by atoms with Crippen LogP contribution >= 0.6 is 0 Å². The highest BCUT2D eigenvalue weighted by molar-refractivity contribution is 6.01. The van der Waals surface area contributed by atoms with E-state index >= 15 is 0 Å². The van der Waals surface area contributed by atoms with E-state index in [-0.39, 0.29) is 18.2 Å². The average Bonchev–Trinajstić information content (AvgIpc) is 3.39. The van der Waals surface area contributed by atoms with Crippen molar-refractivity contribution in [3.8, 4) is 11.4 Å². The number of nitrogens with zero attached hydrogens (tertiary/aromatic N) is 5. The molecule has 8 heteroatoms. The number of carbonyl (C=O) groups is 2. The van der Waals surface area contributed by atoms with E-state index in [2.05, 4.69) is 20.3 Å². The minimum absolute atomic E-state index is 0.0607. The van der Waals surface area contributed by atoms with Gasteiger partial charge in [-0.3, -0.25) is 14.3 Å². The number of nitrogens with one attached hydrogen (secondary N) is 1. The van der Waals surface area contributed by atoms with Crippen LogP contribution in [0.2, 0.25) is 0 Å². The number of aryl methyl sites for hydroxylation is 1. The summed E-state index contributed by atoms with van der Waals surface area (Å²) in [6.45, 7) is 7.65. The molecule has 2 aromatic heterocycles. The van der Waals surface area contributed by atoms with Crippen molar-refractivity contribution in [1.82, 2.24) is 25.1 Å². The number of amides is 1. The van der Waals surface area contributed by atoms with Crippen molar-refractivity contribution in [3.05, 3.63) is 46.3 Å². The fourth-order valence-electron chi connectivity index (χ4n) is 4.22. The van der Waals surface area contributed by atoms with E-state index in [0.29, 0.717) is 34.9 Å². The number of hydrogen-bond donors (Lipinski definition) is 1. The van der Waals surface area contributed by atoms with Gasteiger partial charge in [0.2, 0.25) is 5.95 Å². The lowest BCUT2D eigenvalue weighted by atomic mass is 9.92. The summed E-state index contributed by atoms with van der Waals surface area (Å²) in [4.78, 5) is 37.1. The van der Waals surface area contributed by atoms with Gasteiger partial charge >= 0.3 is 0 Å². The Morgan fingerprint density at radius 3 is 2.55 bits per heavy atom. The molecule has 3 heterocycles. The summed E-state index contributed by atoms with van der Waals surface area (Å²) in [5.74, 6) is 0.320. The summed E-state index contributed by atoms with van der Waals surface area (Å²) in [7, 11) is 1.85. The van der Waals surface area contributed by atoms with Crippen LogP contribution in [0.5, 0.6) is 0 Å². The third kappa shape index (κ3) is 4.15. The van der Waals surface area contributed by atoms with Crippen molar-refractivity contribution in [2.45, 2.75) is 40.0 Å². The second kappa shape index (κ2) is 8.45. The number of ketones is 1. The summed E-state index contributed by atoms with van der Waals surface area (Å²) >= 11 is 0. The number of Topliss-reactive ketones (excluding diaryl/α,β-unsaturated/α-hetero) is 1. The summed E-state index contributed by atoms with van der Waals surface area (Å²) in [6, 6.07) is 1.88. The number of hydrogen-bond acceptors (Lipinski definition) is 6. The Morgan fingerprint density at radius 1 is 1.16 bits per heavy atom. The molecule has 162 valence electrons. The highest BCUT2D eigenvalue weighted by Gasteiger charge is 2.25. The lowest BCUT2D eigenvalue weighted by Gasteiger charge is -2.20. The van der Waals surface area contributed by atoms with Crippen molar-refractivity contribution in [2.75, 3.05) is 24.5 Å². The van der Waals surface area contributed by atoms with Gasteiger partial charge in [-0.15, -0.1) is 0 Å². The van der Waals surface area contributed by atoms with E-state index in [1.807, 2.05) is 40.0 Å². The molecule has 0 bridgehead atoms. The van der Waals surface area contributed by atoms with Gasteiger partial charge in [-0.25, -0.2) is 9.97 Å².